The van der Waals surface area contributed by atoms with Gasteiger partial charge in [-0.05, 0) is 59.8 Å². The van der Waals surface area contributed by atoms with Crippen molar-refractivity contribution in [3.63, 3.8) is 0 Å². The number of rotatable bonds is 4. The lowest BCUT2D eigenvalue weighted by molar-refractivity contribution is -0.117. The lowest BCUT2D eigenvalue weighted by Gasteiger charge is -2.05. The molecule has 6 nitrogen and oxygen atoms in total. The number of nitrogens with one attached hydrogen (secondary N) is 1. The average molecular weight is 339 g/mol. The van der Waals surface area contributed by atoms with Crippen LogP contribution >= 0.6 is 11.5 Å². The minimum absolute atomic E-state index is 0.0147. The van der Waals surface area contributed by atoms with Crippen LogP contribution in [0.5, 0.6) is 0 Å². The molecule has 0 unspecified atom stereocenters. The molecule has 0 saturated heterocycles. The number of aromatic nitrogens is 2. The van der Waals surface area contributed by atoms with Crippen molar-refractivity contribution in [2.45, 2.75) is 12.3 Å². The maximum atomic E-state index is 12.4. The summed E-state index contributed by atoms with van der Waals surface area (Å²) in [4.78, 5) is 23.2. The Morgan fingerprint density at radius 2 is 1.96 bits per heavy atom. The Balaban J connectivity index is 1.43. The molecule has 0 bridgehead atoms. The Labute approximate surface area is 141 Å². The molecular formula is C17H13N3O3S. The molecule has 0 radical (unpaired) electrons. The van der Waals surface area contributed by atoms with Crippen LogP contribution in [0.15, 0.2) is 42.5 Å². The van der Waals surface area contributed by atoms with Gasteiger partial charge in [-0.1, -0.05) is 16.6 Å². The second-order valence-corrected chi connectivity index (χ2v) is 6.61. The van der Waals surface area contributed by atoms with Crippen LogP contribution in [-0.4, -0.2) is 26.6 Å². The summed E-state index contributed by atoms with van der Waals surface area (Å²) in [6.07, 6.45) is 0.780. The Morgan fingerprint density at radius 3 is 2.71 bits per heavy atom. The molecule has 1 amide bonds. The molecule has 1 aromatic heterocycles. The van der Waals surface area contributed by atoms with Crippen molar-refractivity contribution >= 4 is 39.3 Å². The van der Waals surface area contributed by atoms with E-state index in [-0.39, 0.29) is 23.3 Å². The van der Waals surface area contributed by atoms with Gasteiger partial charge in [0.2, 0.25) is 5.91 Å². The number of nitrogens with zero attached hydrogens (tertiary/aromatic N) is 2. The number of anilines is 1. The van der Waals surface area contributed by atoms with Gasteiger partial charge in [-0.15, -0.1) is 5.10 Å². The highest BCUT2D eigenvalue weighted by molar-refractivity contribution is 7.12. The number of carboxylic acid groups (broad SMARTS) is 1. The van der Waals surface area contributed by atoms with E-state index in [0.29, 0.717) is 0 Å². The summed E-state index contributed by atoms with van der Waals surface area (Å²) in [5.74, 6) is -0.878. The molecule has 0 spiro atoms. The molecule has 24 heavy (non-hydrogen) atoms. The van der Waals surface area contributed by atoms with Gasteiger partial charge in [0, 0.05) is 11.6 Å². The quantitative estimate of drug-likeness (QED) is 0.762. The van der Waals surface area contributed by atoms with Gasteiger partial charge in [0.05, 0.1) is 10.3 Å². The Kier molecular flexibility index (Phi) is 3.50. The molecule has 1 heterocycles. The van der Waals surface area contributed by atoms with E-state index in [4.69, 9.17) is 5.11 Å². The van der Waals surface area contributed by atoms with Crippen LogP contribution in [0.2, 0.25) is 0 Å². The zero-order valence-corrected chi connectivity index (χ0v) is 13.3. The van der Waals surface area contributed by atoms with Crippen LogP contribution < -0.4 is 5.32 Å². The predicted molar refractivity (Wildman–Crippen MR) is 90.3 cm³/mol. The zero-order chi connectivity index (χ0) is 16.7. The van der Waals surface area contributed by atoms with E-state index in [1.807, 2.05) is 18.2 Å². The van der Waals surface area contributed by atoms with Crippen molar-refractivity contribution in [1.29, 1.82) is 0 Å². The third kappa shape index (κ3) is 2.74. The predicted octanol–water partition coefficient (Wildman–Crippen LogP) is 3.13. The van der Waals surface area contributed by atoms with E-state index in [1.54, 1.807) is 24.3 Å². The van der Waals surface area contributed by atoms with Gasteiger partial charge >= 0.3 is 5.97 Å². The third-order valence-corrected chi connectivity index (χ3v) is 4.92. The molecule has 1 fully saturated rings. The highest BCUT2D eigenvalue weighted by atomic mass is 32.1. The average Bonchev–Trinajstić information content (AvgIpc) is 3.25. The van der Waals surface area contributed by atoms with Crippen LogP contribution in [0.3, 0.4) is 0 Å². The molecule has 2 N–H and O–H groups in total. The number of benzene rings is 2. The molecule has 120 valence electrons. The fraction of sp³-hybridized carbons (Fsp3) is 0.176. The lowest BCUT2D eigenvalue weighted by atomic mass is 10.1. The van der Waals surface area contributed by atoms with Crippen molar-refractivity contribution in [1.82, 2.24) is 9.59 Å². The van der Waals surface area contributed by atoms with Gasteiger partial charge < -0.3 is 10.4 Å². The summed E-state index contributed by atoms with van der Waals surface area (Å²) >= 11 is 1.29. The van der Waals surface area contributed by atoms with Gasteiger partial charge in [-0.25, -0.2) is 4.79 Å². The first-order valence-electron chi connectivity index (χ1n) is 7.48. The Bertz CT molecular complexity index is 936. The normalized spacial score (nSPS) is 19.2. The van der Waals surface area contributed by atoms with E-state index in [1.165, 1.54) is 11.5 Å². The highest BCUT2D eigenvalue weighted by Crippen LogP contribution is 2.48. The van der Waals surface area contributed by atoms with Crippen LogP contribution in [-0.2, 0) is 4.79 Å². The van der Waals surface area contributed by atoms with E-state index in [9.17, 15) is 9.59 Å². The van der Waals surface area contributed by atoms with Crippen molar-refractivity contribution in [2.24, 2.45) is 5.92 Å². The number of carbonyl (C=O) groups excluding carboxylic acids is 1. The molecular weight excluding hydrogens is 326 g/mol. The maximum absolute atomic E-state index is 12.4. The molecule has 4 rings (SSSR count). The second kappa shape index (κ2) is 5.68. The minimum atomic E-state index is -0.945. The van der Waals surface area contributed by atoms with Crippen molar-refractivity contribution < 1.29 is 14.7 Å². The molecule has 2 aromatic carbocycles. The molecule has 0 aliphatic heterocycles. The van der Waals surface area contributed by atoms with Crippen LogP contribution in [0.1, 0.15) is 28.3 Å². The topological polar surface area (TPSA) is 92.2 Å². The number of carboxylic acids is 1. The van der Waals surface area contributed by atoms with E-state index in [2.05, 4.69) is 14.9 Å². The summed E-state index contributed by atoms with van der Waals surface area (Å²) in [6, 6.07) is 12.3. The van der Waals surface area contributed by atoms with Crippen LogP contribution in [0, 0.1) is 5.92 Å². The van der Waals surface area contributed by atoms with Gasteiger partial charge in [0.25, 0.3) is 0 Å². The first-order valence-corrected chi connectivity index (χ1v) is 8.25. The van der Waals surface area contributed by atoms with Crippen molar-refractivity contribution in [2.75, 3.05) is 5.32 Å². The summed E-state index contributed by atoms with van der Waals surface area (Å²) < 4.78 is 4.81. The first kappa shape index (κ1) is 14.8. The number of hydrogen-bond donors (Lipinski definition) is 2. The molecule has 2 atom stereocenters. The molecule has 3 aromatic rings. The Morgan fingerprint density at radius 1 is 1.17 bits per heavy atom. The molecule has 1 aliphatic rings. The lowest BCUT2D eigenvalue weighted by Crippen LogP contribution is -2.14. The third-order valence-electron chi connectivity index (χ3n) is 4.23. The van der Waals surface area contributed by atoms with Crippen LogP contribution in [0.25, 0.3) is 10.2 Å². The van der Waals surface area contributed by atoms with E-state index >= 15 is 0 Å². The number of aromatic carboxylic acids is 1. The SMILES string of the molecule is O=C(O)c1ccc([C@@H]2C[C@H]2C(=O)Nc2ccc3nnsc3c2)cc1. The van der Waals surface area contributed by atoms with Crippen molar-refractivity contribution in [3.8, 4) is 0 Å². The van der Waals surface area contributed by atoms with Crippen molar-refractivity contribution in [3.05, 3.63) is 53.6 Å². The largest absolute Gasteiger partial charge is 0.478 e. The standard InChI is InChI=1S/C17H13N3O3S/c21-16(18-11-5-6-14-15(7-11)24-20-19-14)13-8-12(13)9-1-3-10(4-2-9)17(22)23/h1-7,12-13H,8H2,(H,18,21)(H,22,23)/t12-,13+/m0/s1. The van der Waals surface area contributed by atoms with Gasteiger partial charge in [0.15, 0.2) is 0 Å². The number of carbonyl (C=O) groups is 2. The maximum Gasteiger partial charge on any atom is 0.335 e. The monoisotopic (exact) mass is 339 g/mol. The summed E-state index contributed by atoms with van der Waals surface area (Å²) in [7, 11) is 0. The van der Waals surface area contributed by atoms with Gasteiger partial charge in [-0.3, -0.25) is 4.79 Å². The van der Waals surface area contributed by atoms with Crippen LogP contribution in [0.4, 0.5) is 5.69 Å². The number of amides is 1. The second-order valence-electron chi connectivity index (χ2n) is 5.82. The molecule has 7 heteroatoms. The fourth-order valence-electron chi connectivity index (χ4n) is 2.82. The highest BCUT2D eigenvalue weighted by Gasteiger charge is 2.43. The smallest absolute Gasteiger partial charge is 0.335 e. The summed E-state index contributed by atoms with van der Waals surface area (Å²) in [5, 5.41) is 15.8. The molecule has 1 saturated carbocycles. The first-order chi connectivity index (χ1) is 11.6. The Hall–Kier alpha value is -2.80. The zero-order valence-electron chi connectivity index (χ0n) is 12.5. The van der Waals surface area contributed by atoms with Gasteiger partial charge in [-0.2, -0.15) is 0 Å². The summed E-state index contributed by atoms with van der Waals surface area (Å²) in [6.45, 7) is 0. The van der Waals surface area contributed by atoms with E-state index < -0.39 is 5.97 Å². The summed E-state index contributed by atoms with van der Waals surface area (Å²) in [5.41, 5.74) is 2.82. The van der Waals surface area contributed by atoms with Gasteiger partial charge in [0.1, 0.15) is 5.52 Å². The number of hydrogen-bond acceptors (Lipinski definition) is 5. The minimum Gasteiger partial charge on any atom is -0.478 e. The van der Waals surface area contributed by atoms with E-state index in [0.717, 1.165) is 27.9 Å². The fourth-order valence-corrected chi connectivity index (χ4v) is 3.42. The number of fused-ring (bicyclic) bond motifs is 1. The molecule has 1 aliphatic carbocycles.